The molecule has 0 aliphatic rings. The van der Waals surface area contributed by atoms with E-state index in [9.17, 15) is 14.4 Å². The molecule has 8 heteroatoms. The third-order valence-electron chi connectivity index (χ3n) is 5.83. The summed E-state index contributed by atoms with van der Waals surface area (Å²) in [5.41, 5.74) is 3.96. The fourth-order valence-corrected chi connectivity index (χ4v) is 4.08. The third-order valence-corrected chi connectivity index (χ3v) is 5.83. The lowest BCUT2D eigenvalue weighted by Crippen LogP contribution is -2.22. The Hall–Kier alpha value is -3.81. The van der Waals surface area contributed by atoms with E-state index in [0.717, 1.165) is 11.4 Å². The van der Waals surface area contributed by atoms with Crippen LogP contribution in [0.5, 0.6) is 0 Å². The van der Waals surface area contributed by atoms with Gasteiger partial charge in [0.15, 0.2) is 0 Å². The Morgan fingerprint density at radius 1 is 1.03 bits per heavy atom. The molecule has 2 heterocycles. The highest BCUT2D eigenvalue weighted by Gasteiger charge is 2.22. The van der Waals surface area contributed by atoms with E-state index in [0.29, 0.717) is 29.1 Å². The molecule has 0 unspecified atom stereocenters. The van der Waals surface area contributed by atoms with Gasteiger partial charge in [0, 0.05) is 36.6 Å². The maximum Gasteiger partial charge on any atom is 0.340 e. The second kappa shape index (κ2) is 9.77. The Bertz CT molecular complexity index is 1280. The average Bonchev–Trinajstić information content (AvgIpc) is 3.16. The van der Waals surface area contributed by atoms with E-state index in [1.54, 1.807) is 31.7 Å². The second-order valence-electron chi connectivity index (χ2n) is 7.68. The molecule has 0 atom stereocenters. The second-order valence-corrected chi connectivity index (χ2v) is 7.68. The third kappa shape index (κ3) is 4.41. The van der Waals surface area contributed by atoms with E-state index in [1.807, 2.05) is 55.7 Å². The molecule has 0 aliphatic heterocycles. The molecule has 1 amide bonds. The number of para-hydroxylation sites is 1. The number of esters is 1. The normalized spacial score (nSPS) is 11.2. The van der Waals surface area contributed by atoms with Crippen LogP contribution in [0.15, 0.2) is 41.2 Å². The van der Waals surface area contributed by atoms with Crippen molar-refractivity contribution in [2.24, 2.45) is 7.05 Å². The molecule has 0 bridgehead atoms. The zero-order chi connectivity index (χ0) is 24.3. The minimum absolute atomic E-state index is 0.209. The first-order chi connectivity index (χ1) is 15.7. The predicted octanol–water partition coefficient (Wildman–Crippen LogP) is 3.75. The summed E-state index contributed by atoms with van der Waals surface area (Å²) in [7, 11) is 1.76. The molecule has 3 aromatic rings. The Morgan fingerprint density at radius 3 is 2.30 bits per heavy atom. The first-order valence-electron chi connectivity index (χ1n) is 10.9. The highest BCUT2D eigenvalue weighted by Crippen LogP contribution is 2.25. The maximum absolute atomic E-state index is 13.0. The summed E-state index contributed by atoms with van der Waals surface area (Å²) in [4.78, 5) is 38.3. The Kier molecular flexibility index (Phi) is 7.06. The molecule has 0 saturated carbocycles. The molecule has 0 saturated heterocycles. The van der Waals surface area contributed by atoms with Crippen LogP contribution in [0.4, 0.5) is 5.69 Å². The maximum atomic E-state index is 13.0. The molecule has 174 valence electrons. The van der Waals surface area contributed by atoms with Crippen molar-refractivity contribution in [2.45, 2.75) is 41.2 Å². The van der Waals surface area contributed by atoms with Crippen LogP contribution >= 0.6 is 0 Å². The van der Waals surface area contributed by atoms with Crippen LogP contribution in [0.25, 0.3) is 11.8 Å². The van der Waals surface area contributed by atoms with Gasteiger partial charge in [0.05, 0.1) is 23.6 Å². The first kappa shape index (κ1) is 23.8. The zero-order valence-electron chi connectivity index (χ0n) is 19.9. The van der Waals surface area contributed by atoms with E-state index in [2.05, 4.69) is 5.32 Å². The molecule has 33 heavy (non-hydrogen) atoms. The number of hydrogen-bond acceptors (Lipinski definition) is 4. The molecule has 1 aromatic carbocycles. The van der Waals surface area contributed by atoms with Crippen molar-refractivity contribution in [3.8, 4) is 5.69 Å². The van der Waals surface area contributed by atoms with Crippen LogP contribution in [0.3, 0.4) is 0 Å². The summed E-state index contributed by atoms with van der Waals surface area (Å²) in [6.45, 7) is 10.2. The van der Waals surface area contributed by atoms with Gasteiger partial charge in [-0.1, -0.05) is 18.2 Å². The van der Waals surface area contributed by atoms with Gasteiger partial charge in [0.25, 0.3) is 5.56 Å². The smallest absolute Gasteiger partial charge is 0.340 e. The molecule has 3 rings (SSSR count). The van der Waals surface area contributed by atoms with Crippen molar-refractivity contribution in [1.82, 2.24) is 13.9 Å². The molecule has 0 aliphatic carbocycles. The lowest BCUT2D eigenvalue weighted by Gasteiger charge is -2.07. The Balaban J connectivity index is 1.94. The zero-order valence-corrected chi connectivity index (χ0v) is 19.9. The summed E-state index contributed by atoms with van der Waals surface area (Å²) in [5, 5.41) is 2.71. The molecule has 0 spiro atoms. The van der Waals surface area contributed by atoms with Gasteiger partial charge in [-0.15, -0.1) is 0 Å². The lowest BCUT2D eigenvalue weighted by molar-refractivity contribution is -0.111. The van der Waals surface area contributed by atoms with Crippen molar-refractivity contribution in [1.29, 1.82) is 0 Å². The monoisotopic (exact) mass is 450 g/mol. The first-order valence-corrected chi connectivity index (χ1v) is 10.9. The number of carbonyl (C=O) groups is 2. The highest BCUT2D eigenvalue weighted by molar-refractivity contribution is 6.04. The fraction of sp³-hybridized carbons (Fsp3) is 0.320. The number of anilines is 1. The molecule has 8 nitrogen and oxygen atoms in total. The van der Waals surface area contributed by atoms with Crippen molar-refractivity contribution >= 4 is 23.6 Å². The van der Waals surface area contributed by atoms with E-state index in [-0.39, 0.29) is 17.9 Å². The quantitative estimate of drug-likeness (QED) is 0.439. The number of hydrogen-bond donors (Lipinski definition) is 1. The Morgan fingerprint density at radius 2 is 1.70 bits per heavy atom. The average molecular weight is 451 g/mol. The van der Waals surface area contributed by atoms with Gasteiger partial charge in [-0.2, -0.15) is 0 Å². The summed E-state index contributed by atoms with van der Waals surface area (Å²) in [6.07, 6.45) is 2.94. The number of ether oxygens (including phenoxy) is 1. The van der Waals surface area contributed by atoms with Gasteiger partial charge >= 0.3 is 5.97 Å². The van der Waals surface area contributed by atoms with Crippen LogP contribution in [0.2, 0.25) is 0 Å². The van der Waals surface area contributed by atoms with E-state index in [1.165, 1.54) is 10.8 Å². The van der Waals surface area contributed by atoms with Gasteiger partial charge in [-0.05, 0) is 52.8 Å². The minimum Gasteiger partial charge on any atom is -0.462 e. The fourth-order valence-electron chi connectivity index (χ4n) is 4.08. The topological polar surface area (TPSA) is 87.3 Å². The van der Waals surface area contributed by atoms with Crippen LogP contribution < -0.4 is 10.9 Å². The molecule has 1 N–H and O–H groups in total. The van der Waals surface area contributed by atoms with Crippen molar-refractivity contribution in [3.63, 3.8) is 0 Å². The Labute approximate surface area is 193 Å². The largest absolute Gasteiger partial charge is 0.462 e. The number of rotatable bonds is 7. The van der Waals surface area contributed by atoms with Crippen LogP contribution in [-0.2, 0) is 23.1 Å². The predicted molar refractivity (Wildman–Crippen MR) is 129 cm³/mol. The lowest BCUT2D eigenvalue weighted by atomic mass is 10.1. The summed E-state index contributed by atoms with van der Waals surface area (Å²) in [6, 6.07) is 9.22. The van der Waals surface area contributed by atoms with Crippen LogP contribution in [-0.4, -0.2) is 32.4 Å². The van der Waals surface area contributed by atoms with E-state index in [4.69, 9.17) is 4.74 Å². The number of amides is 1. The standard InChI is InChI=1S/C25H30N4O4/c1-7-28-16(3)20(22(17(28)4)25(32)33-8-2)14-15-21(30)26-23-18(5)27(6)29(24(23)31)19-12-10-9-11-13-19/h9-15H,7-8H2,1-6H3,(H,26,30). The van der Waals surface area contributed by atoms with E-state index >= 15 is 0 Å². The molecule has 2 aromatic heterocycles. The van der Waals surface area contributed by atoms with Gasteiger partial charge in [-0.3, -0.25) is 14.3 Å². The summed E-state index contributed by atoms with van der Waals surface area (Å²) < 4.78 is 10.4. The number of benzene rings is 1. The molecule has 0 radical (unpaired) electrons. The van der Waals surface area contributed by atoms with Gasteiger partial charge in [0.1, 0.15) is 5.69 Å². The van der Waals surface area contributed by atoms with Gasteiger partial charge < -0.3 is 14.6 Å². The van der Waals surface area contributed by atoms with Gasteiger partial charge in [0.2, 0.25) is 5.91 Å². The van der Waals surface area contributed by atoms with Crippen molar-refractivity contribution in [3.05, 3.63) is 75.0 Å². The number of nitrogens with one attached hydrogen (secondary N) is 1. The summed E-state index contributed by atoms with van der Waals surface area (Å²) in [5.74, 6) is -0.882. The molecular weight excluding hydrogens is 420 g/mol. The highest BCUT2D eigenvalue weighted by atomic mass is 16.5. The number of carbonyl (C=O) groups excluding carboxylic acids is 2. The van der Waals surface area contributed by atoms with Crippen LogP contribution in [0, 0.1) is 20.8 Å². The number of aromatic nitrogens is 3. The number of nitrogens with zero attached hydrogens (tertiary/aromatic N) is 3. The van der Waals surface area contributed by atoms with E-state index < -0.39 is 11.9 Å². The molecular formula is C25H30N4O4. The van der Waals surface area contributed by atoms with Crippen molar-refractivity contribution in [2.75, 3.05) is 11.9 Å². The molecule has 0 fully saturated rings. The summed E-state index contributed by atoms with van der Waals surface area (Å²) >= 11 is 0. The van der Waals surface area contributed by atoms with Gasteiger partial charge in [-0.25, -0.2) is 9.48 Å². The minimum atomic E-state index is -0.461. The van der Waals surface area contributed by atoms with Crippen molar-refractivity contribution < 1.29 is 14.3 Å². The van der Waals surface area contributed by atoms with Crippen LogP contribution in [0.1, 0.15) is 46.9 Å². The SMILES string of the molecule is CCOC(=O)c1c(C=CC(=O)Nc2c(C)n(C)n(-c3ccccc3)c2=O)c(C)n(CC)c1C.